The molecule has 0 unspecified atom stereocenters. The van der Waals surface area contributed by atoms with Crippen molar-refractivity contribution in [2.24, 2.45) is 0 Å². The van der Waals surface area contributed by atoms with Crippen LogP contribution >= 0.6 is 11.6 Å². The maximum absolute atomic E-state index is 11.2. The second kappa shape index (κ2) is 3.24. The van der Waals surface area contributed by atoms with Crippen LogP contribution in [0.2, 0.25) is 5.02 Å². The predicted molar refractivity (Wildman–Crippen MR) is 59.5 cm³/mol. The molecule has 2 rings (SSSR count). The fraction of sp³-hybridized carbons (Fsp3) is 0.417. The van der Waals surface area contributed by atoms with Crippen LogP contribution in [-0.2, 0) is 10.2 Å². The molecule has 0 radical (unpaired) electrons. The molecule has 1 aliphatic rings. The zero-order chi connectivity index (χ0) is 11.2. The summed E-state index contributed by atoms with van der Waals surface area (Å²) in [5.41, 5.74) is 2.19. The van der Waals surface area contributed by atoms with Crippen LogP contribution < -0.4 is 0 Å². The normalized spacial score (nSPS) is 17.5. The molecule has 0 atom stereocenters. The second-order valence-electron chi connectivity index (χ2n) is 4.31. The van der Waals surface area contributed by atoms with Crippen molar-refractivity contribution in [2.45, 2.75) is 32.1 Å². The summed E-state index contributed by atoms with van der Waals surface area (Å²) in [6.45, 7) is 3.83. The Bertz CT molecular complexity index is 410. The average molecular weight is 225 g/mol. The van der Waals surface area contributed by atoms with Crippen LogP contribution in [0.1, 0.15) is 29.5 Å². The Morgan fingerprint density at radius 2 is 1.80 bits per heavy atom. The molecule has 1 saturated carbocycles. The molecule has 1 aromatic carbocycles. The summed E-state index contributed by atoms with van der Waals surface area (Å²) in [6.07, 6.45) is 1.48. The molecule has 0 heterocycles. The van der Waals surface area contributed by atoms with Gasteiger partial charge in [-0.3, -0.25) is 4.79 Å². The van der Waals surface area contributed by atoms with Crippen LogP contribution in [0.3, 0.4) is 0 Å². The van der Waals surface area contributed by atoms with Gasteiger partial charge in [0.25, 0.3) is 0 Å². The Balaban J connectivity index is 2.51. The van der Waals surface area contributed by atoms with Gasteiger partial charge in [0, 0.05) is 5.02 Å². The maximum atomic E-state index is 11.2. The molecule has 0 amide bonds. The van der Waals surface area contributed by atoms with Gasteiger partial charge in [0.15, 0.2) is 0 Å². The van der Waals surface area contributed by atoms with Gasteiger partial charge in [-0.25, -0.2) is 0 Å². The van der Waals surface area contributed by atoms with E-state index in [9.17, 15) is 9.90 Å². The molecule has 0 aliphatic heterocycles. The van der Waals surface area contributed by atoms with Gasteiger partial charge in [-0.1, -0.05) is 23.7 Å². The Morgan fingerprint density at radius 3 is 2.13 bits per heavy atom. The van der Waals surface area contributed by atoms with Crippen molar-refractivity contribution in [1.82, 2.24) is 0 Å². The fourth-order valence-corrected chi connectivity index (χ4v) is 2.08. The number of carbonyl (C=O) groups is 1. The molecule has 1 aromatic rings. The first-order chi connectivity index (χ1) is 6.97. The molecule has 0 spiro atoms. The molecular weight excluding hydrogens is 212 g/mol. The number of aryl methyl sites for hydroxylation is 2. The molecule has 1 aliphatic carbocycles. The van der Waals surface area contributed by atoms with Gasteiger partial charge in [0.1, 0.15) is 0 Å². The van der Waals surface area contributed by atoms with Crippen molar-refractivity contribution in [3.05, 3.63) is 33.8 Å². The van der Waals surface area contributed by atoms with E-state index in [2.05, 4.69) is 0 Å². The largest absolute Gasteiger partial charge is 0.481 e. The third-order valence-electron chi connectivity index (χ3n) is 3.15. The Morgan fingerprint density at radius 1 is 1.33 bits per heavy atom. The first-order valence-corrected chi connectivity index (χ1v) is 5.36. The van der Waals surface area contributed by atoms with E-state index >= 15 is 0 Å². The van der Waals surface area contributed by atoms with Gasteiger partial charge in [-0.2, -0.15) is 0 Å². The Kier molecular flexibility index (Phi) is 2.27. The molecule has 2 nitrogen and oxygen atoms in total. The van der Waals surface area contributed by atoms with Crippen LogP contribution in [0, 0.1) is 13.8 Å². The molecule has 15 heavy (non-hydrogen) atoms. The van der Waals surface area contributed by atoms with Gasteiger partial charge in [-0.05, 0) is 43.4 Å². The van der Waals surface area contributed by atoms with E-state index in [1.165, 1.54) is 0 Å². The van der Waals surface area contributed by atoms with E-state index < -0.39 is 11.4 Å². The Hall–Kier alpha value is -1.02. The lowest BCUT2D eigenvalue weighted by Crippen LogP contribution is -2.19. The molecule has 1 fully saturated rings. The zero-order valence-corrected chi connectivity index (χ0v) is 9.56. The quantitative estimate of drug-likeness (QED) is 0.838. The van der Waals surface area contributed by atoms with Gasteiger partial charge in [-0.15, -0.1) is 0 Å². The molecule has 0 saturated heterocycles. The van der Waals surface area contributed by atoms with E-state index in [0.717, 1.165) is 34.6 Å². The van der Waals surface area contributed by atoms with Crippen molar-refractivity contribution in [3.63, 3.8) is 0 Å². The van der Waals surface area contributed by atoms with E-state index in [-0.39, 0.29) is 0 Å². The van der Waals surface area contributed by atoms with Crippen molar-refractivity contribution < 1.29 is 9.90 Å². The van der Waals surface area contributed by atoms with E-state index in [4.69, 9.17) is 11.6 Å². The SMILES string of the molecule is Cc1cc(C2(C(=O)O)CC2)cc(C)c1Cl. The molecular formula is C12H13ClO2. The minimum absolute atomic E-state index is 0.625. The lowest BCUT2D eigenvalue weighted by atomic mass is 9.93. The summed E-state index contributed by atoms with van der Waals surface area (Å²) in [6, 6.07) is 3.80. The lowest BCUT2D eigenvalue weighted by Gasteiger charge is -2.13. The number of rotatable bonds is 2. The van der Waals surface area contributed by atoms with Crippen molar-refractivity contribution in [3.8, 4) is 0 Å². The zero-order valence-electron chi connectivity index (χ0n) is 8.80. The first kappa shape index (κ1) is 10.5. The van der Waals surface area contributed by atoms with E-state index in [1.54, 1.807) is 0 Å². The van der Waals surface area contributed by atoms with Gasteiger partial charge in [0.2, 0.25) is 0 Å². The van der Waals surface area contributed by atoms with Crippen LogP contribution in [0.25, 0.3) is 0 Å². The summed E-state index contributed by atoms with van der Waals surface area (Å²) in [4.78, 5) is 11.2. The average Bonchev–Trinajstić information content (AvgIpc) is 2.93. The molecule has 80 valence electrons. The Labute approximate surface area is 93.9 Å². The topological polar surface area (TPSA) is 37.3 Å². The number of aliphatic carboxylic acids is 1. The fourth-order valence-electron chi connectivity index (χ4n) is 1.97. The molecule has 3 heteroatoms. The van der Waals surface area contributed by atoms with Crippen LogP contribution in [-0.4, -0.2) is 11.1 Å². The summed E-state index contributed by atoms with van der Waals surface area (Å²) in [7, 11) is 0. The lowest BCUT2D eigenvalue weighted by molar-refractivity contribution is -0.140. The summed E-state index contributed by atoms with van der Waals surface area (Å²) in [5.74, 6) is -0.719. The van der Waals surface area contributed by atoms with E-state index in [0.29, 0.717) is 0 Å². The van der Waals surface area contributed by atoms with Crippen molar-refractivity contribution in [1.29, 1.82) is 0 Å². The number of hydrogen-bond acceptors (Lipinski definition) is 1. The third kappa shape index (κ3) is 1.53. The number of carboxylic acids is 1. The highest BCUT2D eigenvalue weighted by molar-refractivity contribution is 6.32. The minimum atomic E-state index is -0.719. The third-order valence-corrected chi connectivity index (χ3v) is 3.74. The van der Waals surface area contributed by atoms with Crippen LogP contribution in [0.5, 0.6) is 0 Å². The van der Waals surface area contributed by atoms with Gasteiger partial charge < -0.3 is 5.11 Å². The smallest absolute Gasteiger partial charge is 0.314 e. The number of hydrogen-bond donors (Lipinski definition) is 1. The standard InChI is InChI=1S/C12H13ClO2/c1-7-5-9(6-8(2)10(7)13)12(3-4-12)11(14)15/h5-6H,3-4H2,1-2H3,(H,14,15). The minimum Gasteiger partial charge on any atom is -0.481 e. The van der Waals surface area contributed by atoms with Gasteiger partial charge in [0.05, 0.1) is 5.41 Å². The first-order valence-electron chi connectivity index (χ1n) is 4.98. The molecule has 1 N–H and O–H groups in total. The number of benzene rings is 1. The van der Waals surface area contributed by atoms with E-state index in [1.807, 2.05) is 26.0 Å². The van der Waals surface area contributed by atoms with Crippen LogP contribution in [0.15, 0.2) is 12.1 Å². The highest BCUT2D eigenvalue weighted by Gasteiger charge is 2.51. The summed E-state index contributed by atoms with van der Waals surface area (Å²) < 4.78 is 0. The van der Waals surface area contributed by atoms with Gasteiger partial charge >= 0.3 is 5.97 Å². The van der Waals surface area contributed by atoms with Crippen molar-refractivity contribution >= 4 is 17.6 Å². The summed E-state index contributed by atoms with van der Waals surface area (Å²) >= 11 is 6.05. The van der Waals surface area contributed by atoms with Crippen LogP contribution in [0.4, 0.5) is 0 Å². The number of halogens is 1. The molecule has 0 aromatic heterocycles. The highest BCUT2D eigenvalue weighted by Crippen LogP contribution is 2.49. The highest BCUT2D eigenvalue weighted by atomic mass is 35.5. The van der Waals surface area contributed by atoms with Crippen molar-refractivity contribution in [2.75, 3.05) is 0 Å². The maximum Gasteiger partial charge on any atom is 0.314 e. The predicted octanol–water partition coefficient (Wildman–Crippen LogP) is 3.07. The monoisotopic (exact) mass is 224 g/mol. The summed E-state index contributed by atoms with van der Waals surface area (Å²) in [5, 5.41) is 9.91. The number of carboxylic acid groups (broad SMARTS) is 1. The second-order valence-corrected chi connectivity index (χ2v) is 4.69. The molecule has 0 bridgehead atoms.